The minimum Gasteiger partial charge on any atom is -0.166 e. The van der Waals surface area contributed by atoms with Crippen LogP contribution in [0.25, 0.3) is 0 Å². The highest BCUT2D eigenvalue weighted by Gasteiger charge is 2.29. The molecule has 154 valence electrons. The van der Waals surface area contributed by atoms with Gasteiger partial charge in [0.05, 0.1) is 5.56 Å². The summed E-state index contributed by atoms with van der Waals surface area (Å²) in [5.74, 6) is 7.56. The van der Waals surface area contributed by atoms with Gasteiger partial charge in [0.15, 0.2) is 0 Å². The third kappa shape index (κ3) is 6.39. The average Bonchev–Trinajstić information content (AvgIpc) is 2.73. The van der Waals surface area contributed by atoms with Crippen LogP contribution >= 0.6 is 0 Å². The first-order chi connectivity index (χ1) is 14.0. The van der Waals surface area contributed by atoms with Crippen LogP contribution in [-0.2, 0) is 6.18 Å². The molecule has 0 radical (unpaired) electrons. The van der Waals surface area contributed by atoms with Gasteiger partial charge in [-0.1, -0.05) is 56.6 Å². The van der Waals surface area contributed by atoms with Gasteiger partial charge in [-0.25, -0.2) is 0 Å². The molecule has 0 heterocycles. The fraction of sp³-hybridized carbons (Fsp3) is 0.462. The monoisotopic (exact) mass is 398 g/mol. The summed E-state index contributed by atoms with van der Waals surface area (Å²) in [5.41, 5.74) is 2.22. The van der Waals surface area contributed by atoms with Crippen molar-refractivity contribution in [3.63, 3.8) is 0 Å². The standard InChI is InChI=1S/C26H29F3/c1-2-3-4-5-20-8-14-23(15-9-20)24-16-10-21(11-17-24)6-7-22-12-18-25(19-13-22)26(27,28)29/h10-13,16-20,23H,2-5,8-9,14-15H2,1H3. The van der Waals surface area contributed by atoms with Crippen LogP contribution in [0.2, 0.25) is 0 Å². The molecule has 2 aromatic rings. The van der Waals surface area contributed by atoms with Crippen molar-refractivity contribution < 1.29 is 13.2 Å². The van der Waals surface area contributed by atoms with E-state index in [0.717, 1.165) is 23.6 Å². The molecule has 29 heavy (non-hydrogen) atoms. The maximum absolute atomic E-state index is 12.6. The molecule has 0 unspecified atom stereocenters. The fourth-order valence-electron chi connectivity index (χ4n) is 4.19. The molecule has 0 spiro atoms. The Kier molecular flexibility index (Phi) is 7.42. The predicted molar refractivity (Wildman–Crippen MR) is 113 cm³/mol. The Bertz CT molecular complexity index is 811. The number of hydrogen-bond donors (Lipinski definition) is 0. The van der Waals surface area contributed by atoms with E-state index < -0.39 is 11.7 Å². The van der Waals surface area contributed by atoms with Crippen molar-refractivity contribution in [1.82, 2.24) is 0 Å². The zero-order chi connectivity index (χ0) is 20.7. The number of alkyl halides is 3. The van der Waals surface area contributed by atoms with Gasteiger partial charge < -0.3 is 0 Å². The van der Waals surface area contributed by atoms with Crippen LogP contribution in [0.3, 0.4) is 0 Å². The van der Waals surface area contributed by atoms with Gasteiger partial charge >= 0.3 is 6.18 Å². The van der Waals surface area contributed by atoms with E-state index in [1.165, 1.54) is 69.1 Å². The van der Waals surface area contributed by atoms with Crippen LogP contribution in [0.1, 0.15) is 86.5 Å². The molecule has 1 fully saturated rings. The predicted octanol–water partition coefficient (Wildman–Crippen LogP) is 7.96. The second-order valence-electron chi connectivity index (χ2n) is 8.16. The Morgan fingerprint density at radius 1 is 0.793 bits per heavy atom. The summed E-state index contributed by atoms with van der Waals surface area (Å²) in [5, 5.41) is 0. The van der Waals surface area contributed by atoms with E-state index in [9.17, 15) is 13.2 Å². The number of halogens is 3. The molecule has 1 aliphatic carbocycles. The molecule has 3 rings (SSSR count). The first-order valence-electron chi connectivity index (χ1n) is 10.7. The molecule has 0 saturated heterocycles. The molecule has 0 N–H and O–H groups in total. The molecule has 0 aliphatic heterocycles. The highest BCUT2D eigenvalue weighted by molar-refractivity contribution is 5.44. The van der Waals surface area contributed by atoms with Crippen molar-refractivity contribution in [2.24, 2.45) is 5.92 Å². The topological polar surface area (TPSA) is 0 Å². The molecule has 1 saturated carbocycles. The van der Waals surface area contributed by atoms with Gasteiger partial charge in [-0.3, -0.25) is 0 Å². The van der Waals surface area contributed by atoms with Crippen molar-refractivity contribution in [3.05, 3.63) is 70.8 Å². The lowest BCUT2D eigenvalue weighted by molar-refractivity contribution is -0.137. The third-order valence-electron chi connectivity index (χ3n) is 6.01. The summed E-state index contributed by atoms with van der Waals surface area (Å²) in [7, 11) is 0. The van der Waals surface area contributed by atoms with E-state index in [0.29, 0.717) is 11.5 Å². The van der Waals surface area contributed by atoms with E-state index >= 15 is 0 Å². The van der Waals surface area contributed by atoms with Crippen molar-refractivity contribution >= 4 is 0 Å². The maximum atomic E-state index is 12.6. The maximum Gasteiger partial charge on any atom is 0.416 e. The molecule has 0 amide bonds. The zero-order valence-electron chi connectivity index (χ0n) is 17.1. The van der Waals surface area contributed by atoms with Gasteiger partial charge in [-0.05, 0) is 79.5 Å². The first-order valence-corrected chi connectivity index (χ1v) is 10.7. The SMILES string of the molecule is CCCCCC1CCC(c2ccc(C#Cc3ccc(C(F)(F)F)cc3)cc2)CC1. The van der Waals surface area contributed by atoms with Gasteiger partial charge in [0.1, 0.15) is 0 Å². The average molecular weight is 399 g/mol. The lowest BCUT2D eigenvalue weighted by Crippen LogP contribution is -2.13. The lowest BCUT2D eigenvalue weighted by Gasteiger charge is -2.29. The van der Waals surface area contributed by atoms with E-state index in [-0.39, 0.29) is 0 Å². The fourth-order valence-corrected chi connectivity index (χ4v) is 4.19. The summed E-state index contributed by atoms with van der Waals surface area (Å²) in [4.78, 5) is 0. The third-order valence-corrected chi connectivity index (χ3v) is 6.01. The second-order valence-corrected chi connectivity index (χ2v) is 8.16. The van der Waals surface area contributed by atoms with E-state index in [1.807, 2.05) is 12.1 Å². The Hall–Kier alpha value is -2.21. The van der Waals surface area contributed by atoms with E-state index in [4.69, 9.17) is 0 Å². The van der Waals surface area contributed by atoms with Gasteiger partial charge in [0, 0.05) is 11.1 Å². The highest BCUT2D eigenvalue weighted by atomic mass is 19.4. The van der Waals surface area contributed by atoms with Crippen LogP contribution in [0.4, 0.5) is 13.2 Å². The Balaban J connectivity index is 1.54. The number of benzene rings is 2. The van der Waals surface area contributed by atoms with E-state index in [2.05, 4.69) is 30.9 Å². The van der Waals surface area contributed by atoms with Crippen molar-refractivity contribution in [2.75, 3.05) is 0 Å². The van der Waals surface area contributed by atoms with Crippen molar-refractivity contribution in [1.29, 1.82) is 0 Å². The number of unbranched alkanes of at least 4 members (excludes halogenated alkanes) is 2. The van der Waals surface area contributed by atoms with Gasteiger partial charge in [-0.15, -0.1) is 0 Å². The second kappa shape index (κ2) is 10.0. The summed E-state index contributed by atoms with van der Waals surface area (Å²) in [6.07, 6.45) is 6.32. The molecule has 0 atom stereocenters. The van der Waals surface area contributed by atoms with Crippen molar-refractivity contribution in [2.45, 2.75) is 70.4 Å². The summed E-state index contributed by atoms with van der Waals surface area (Å²) in [6, 6.07) is 13.4. The Morgan fingerprint density at radius 2 is 1.34 bits per heavy atom. The quantitative estimate of drug-likeness (QED) is 0.354. The smallest absolute Gasteiger partial charge is 0.166 e. The number of hydrogen-bond acceptors (Lipinski definition) is 0. The Labute approximate surface area is 172 Å². The van der Waals surface area contributed by atoms with Crippen LogP contribution in [-0.4, -0.2) is 0 Å². The molecular formula is C26H29F3. The minimum absolute atomic E-state index is 0.587. The molecule has 2 aromatic carbocycles. The largest absolute Gasteiger partial charge is 0.416 e. The van der Waals surface area contributed by atoms with Gasteiger partial charge in [0.2, 0.25) is 0 Å². The molecule has 0 aromatic heterocycles. The summed E-state index contributed by atoms with van der Waals surface area (Å²) < 4.78 is 37.8. The highest BCUT2D eigenvalue weighted by Crippen LogP contribution is 2.37. The van der Waals surface area contributed by atoms with E-state index in [1.54, 1.807) is 0 Å². The summed E-state index contributed by atoms with van der Waals surface area (Å²) in [6.45, 7) is 2.26. The lowest BCUT2D eigenvalue weighted by atomic mass is 9.77. The summed E-state index contributed by atoms with van der Waals surface area (Å²) >= 11 is 0. The normalized spacial score (nSPS) is 19.4. The first kappa shape index (κ1) is 21.5. The zero-order valence-corrected chi connectivity index (χ0v) is 17.1. The number of rotatable bonds is 5. The molecule has 1 aliphatic rings. The molecule has 0 nitrogen and oxygen atoms in total. The molecule has 0 bridgehead atoms. The Morgan fingerprint density at radius 3 is 1.86 bits per heavy atom. The van der Waals surface area contributed by atoms with Crippen LogP contribution in [0, 0.1) is 17.8 Å². The van der Waals surface area contributed by atoms with Crippen LogP contribution in [0.5, 0.6) is 0 Å². The minimum atomic E-state index is -4.31. The van der Waals surface area contributed by atoms with Crippen LogP contribution in [0.15, 0.2) is 48.5 Å². The molecule has 3 heteroatoms. The molecular weight excluding hydrogens is 369 g/mol. The van der Waals surface area contributed by atoms with Crippen LogP contribution < -0.4 is 0 Å². The van der Waals surface area contributed by atoms with Crippen molar-refractivity contribution in [3.8, 4) is 11.8 Å². The van der Waals surface area contributed by atoms with Gasteiger partial charge in [0.25, 0.3) is 0 Å². The van der Waals surface area contributed by atoms with Gasteiger partial charge in [-0.2, -0.15) is 13.2 Å².